The van der Waals surface area contributed by atoms with Gasteiger partial charge < -0.3 is 9.84 Å². The Balaban J connectivity index is 1.75. The topological polar surface area (TPSA) is 56.5 Å². The molecule has 1 aromatic carbocycles. The van der Waals surface area contributed by atoms with Crippen LogP contribution in [0.25, 0.3) is 0 Å². The number of aliphatic hydroxyl groups excluding tert-OH is 1. The van der Waals surface area contributed by atoms with E-state index < -0.39 is 0 Å². The second-order valence-electron chi connectivity index (χ2n) is 4.98. The Kier molecular flexibility index (Phi) is 5.20. The van der Waals surface area contributed by atoms with Crippen molar-refractivity contribution >= 4 is 0 Å². The summed E-state index contributed by atoms with van der Waals surface area (Å²) < 4.78 is 5.66. The molecule has 1 saturated heterocycles. The maximum absolute atomic E-state index is 9.18. The first kappa shape index (κ1) is 13.9. The Bertz CT molecular complexity index is 442. The summed E-state index contributed by atoms with van der Waals surface area (Å²) in [6, 6.07) is 9.32. The Morgan fingerprint density at radius 1 is 1.47 bits per heavy atom. The third kappa shape index (κ3) is 4.23. The van der Waals surface area contributed by atoms with E-state index in [4.69, 9.17) is 10.00 Å². The Morgan fingerprint density at radius 2 is 2.37 bits per heavy atom. The van der Waals surface area contributed by atoms with E-state index in [0.717, 1.165) is 38.2 Å². The van der Waals surface area contributed by atoms with E-state index in [0.29, 0.717) is 18.1 Å². The van der Waals surface area contributed by atoms with E-state index in [9.17, 15) is 5.11 Å². The average Bonchev–Trinajstić information content (AvgIpc) is 2.48. The summed E-state index contributed by atoms with van der Waals surface area (Å²) in [5, 5.41) is 18.0. The highest BCUT2D eigenvalue weighted by Crippen LogP contribution is 2.16. The van der Waals surface area contributed by atoms with Crippen LogP contribution in [-0.2, 0) is 0 Å². The molecule has 1 N–H and O–H groups in total. The molecule has 0 bridgehead atoms. The van der Waals surface area contributed by atoms with Crippen LogP contribution in [0.3, 0.4) is 0 Å². The first-order valence-electron chi connectivity index (χ1n) is 6.78. The van der Waals surface area contributed by atoms with Gasteiger partial charge in [-0.25, -0.2) is 0 Å². The van der Waals surface area contributed by atoms with Gasteiger partial charge in [0.05, 0.1) is 11.6 Å². The zero-order chi connectivity index (χ0) is 13.5. The number of aliphatic hydroxyl groups is 1. The largest absolute Gasteiger partial charge is 0.492 e. The van der Waals surface area contributed by atoms with Gasteiger partial charge >= 0.3 is 0 Å². The van der Waals surface area contributed by atoms with Crippen LogP contribution in [0.5, 0.6) is 5.75 Å². The molecule has 1 unspecified atom stereocenters. The van der Waals surface area contributed by atoms with Crippen LogP contribution >= 0.6 is 0 Å². The molecule has 0 amide bonds. The summed E-state index contributed by atoms with van der Waals surface area (Å²) in [4.78, 5) is 2.33. The van der Waals surface area contributed by atoms with Gasteiger partial charge in [-0.05, 0) is 43.5 Å². The van der Waals surface area contributed by atoms with Crippen molar-refractivity contribution in [2.24, 2.45) is 5.92 Å². The maximum Gasteiger partial charge on any atom is 0.120 e. The maximum atomic E-state index is 9.18. The molecule has 0 aliphatic carbocycles. The first-order valence-corrected chi connectivity index (χ1v) is 6.78. The quantitative estimate of drug-likeness (QED) is 0.874. The standard InChI is InChI=1S/C15H20N2O2/c16-10-13-3-1-5-15(9-13)19-8-7-17-6-2-4-14(11-17)12-18/h1,3,5,9,14,18H,2,4,6-8,11-12H2. The fourth-order valence-corrected chi connectivity index (χ4v) is 2.45. The molecule has 1 aliphatic rings. The molecule has 1 aliphatic heterocycles. The Hall–Kier alpha value is -1.57. The lowest BCUT2D eigenvalue weighted by molar-refractivity contribution is 0.107. The SMILES string of the molecule is N#Cc1cccc(OCCN2CCCC(CO)C2)c1. The van der Waals surface area contributed by atoms with Crippen molar-refractivity contribution in [3.63, 3.8) is 0 Å². The summed E-state index contributed by atoms with van der Waals surface area (Å²) in [6.07, 6.45) is 2.27. The van der Waals surface area contributed by atoms with Crippen LogP contribution in [0.2, 0.25) is 0 Å². The number of ether oxygens (including phenoxy) is 1. The number of nitrogens with zero attached hydrogens (tertiary/aromatic N) is 2. The highest BCUT2D eigenvalue weighted by molar-refractivity contribution is 5.36. The minimum atomic E-state index is 0.279. The third-order valence-corrected chi connectivity index (χ3v) is 3.50. The average molecular weight is 260 g/mol. The molecule has 0 radical (unpaired) electrons. The predicted octanol–water partition coefficient (Wildman–Crippen LogP) is 1.64. The van der Waals surface area contributed by atoms with Gasteiger partial charge in [0.1, 0.15) is 12.4 Å². The van der Waals surface area contributed by atoms with Gasteiger partial charge in [0, 0.05) is 19.7 Å². The van der Waals surface area contributed by atoms with Crippen molar-refractivity contribution in [1.82, 2.24) is 4.90 Å². The lowest BCUT2D eigenvalue weighted by Crippen LogP contribution is -2.39. The van der Waals surface area contributed by atoms with Crippen molar-refractivity contribution in [3.05, 3.63) is 29.8 Å². The van der Waals surface area contributed by atoms with Crippen molar-refractivity contribution in [1.29, 1.82) is 5.26 Å². The molecular formula is C15H20N2O2. The number of likely N-dealkylation sites (tertiary alicyclic amines) is 1. The molecule has 0 saturated carbocycles. The zero-order valence-electron chi connectivity index (χ0n) is 11.1. The molecule has 4 nitrogen and oxygen atoms in total. The van der Waals surface area contributed by atoms with Gasteiger partial charge in [0.15, 0.2) is 0 Å². The van der Waals surface area contributed by atoms with E-state index in [1.165, 1.54) is 0 Å². The zero-order valence-corrected chi connectivity index (χ0v) is 11.1. The van der Waals surface area contributed by atoms with Crippen molar-refractivity contribution in [2.45, 2.75) is 12.8 Å². The van der Waals surface area contributed by atoms with Crippen LogP contribution in [0.15, 0.2) is 24.3 Å². The second-order valence-corrected chi connectivity index (χ2v) is 4.98. The minimum Gasteiger partial charge on any atom is -0.492 e. The van der Waals surface area contributed by atoms with Crippen LogP contribution < -0.4 is 4.74 Å². The van der Waals surface area contributed by atoms with E-state index in [1.807, 2.05) is 12.1 Å². The molecule has 19 heavy (non-hydrogen) atoms. The van der Waals surface area contributed by atoms with Crippen LogP contribution in [0.1, 0.15) is 18.4 Å². The third-order valence-electron chi connectivity index (χ3n) is 3.50. The number of hydrogen-bond donors (Lipinski definition) is 1. The molecule has 1 heterocycles. The summed E-state index contributed by atoms with van der Waals surface area (Å²) in [5.41, 5.74) is 0.621. The summed E-state index contributed by atoms with van der Waals surface area (Å²) in [7, 11) is 0. The minimum absolute atomic E-state index is 0.279. The first-order chi connectivity index (χ1) is 9.31. The molecule has 0 aromatic heterocycles. The van der Waals surface area contributed by atoms with E-state index in [-0.39, 0.29) is 6.61 Å². The second kappa shape index (κ2) is 7.13. The molecule has 1 atom stereocenters. The van der Waals surface area contributed by atoms with Gasteiger partial charge in [0.2, 0.25) is 0 Å². The van der Waals surface area contributed by atoms with Gasteiger partial charge in [-0.2, -0.15) is 5.26 Å². The lowest BCUT2D eigenvalue weighted by Gasteiger charge is -2.31. The number of benzene rings is 1. The molecule has 2 rings (SSSR count). The highest BCUT2D eigenvalue weighted by Gasteiger charge is 2.18. The van der Waals surface area contributed by atoms with Crippen molar-refractivity contribution < 1.29 is 9.84 Å². The summed E-state index contributed by atoms with van der Waals surface area (Å²) in [5.74, 6) is 1.16. The fourth-order valence-electron chi connectivity index (χ4n) is 2.45. The van der Waals surface area contributed by atoms with Crippen molar-refractivity contribution in [3.8, 4) is 11.8 Å². The molecule has 1 fully saturated rings. The number of piperidine rings is 1. The molecular weight excluding hydrogens is 240 g/mol. The predicted molar refractivity (Wildman–Crippen MR) is 72.9 cm³/mol. The smallest absolute Gasteiger partial charge is 0.120 e. The molecule has 102 valence electrons. The Morgan fingerprint density at radius 3 is 3.16 bits per heavy atom. The summed E-state index contributed by atoms with van der Waals surface area (Å²) >= 11 is 0. The highest BCUT2D eigenvalue weighted by atomic mass is 16.5. The number of nitriles is 1. The molecule has 4 heteroatoms. The summed E-state index contributed by atoms with van der Waals surface area (Å²) in [6.45, 7) is 3.80. The lowest BCUT2D eigenvalue weighted by atomic mass is 9.99. The van der Waals surface area contributed by atoms with E-state index >= 15 is 0 Å². The van der Waals surface area contributed by atoms with Crippen molar-refractivity contribution in [2.75, 3.05) is 32.8 Å². The molecule has 0 spiro atoms. The van der Waals surface area contributed by atoms with Gasteiger partial charge in [0.25, 0.3) is 0 Å². The monoisotopic (exact) mass is 260 g/mol. The van der Waals surface area contributed by atoms with Crippen LogP contribution in [0.4, 0.5) is 0 Å². The van der Waals surface area contributed by atoms with Crippen LogP contribution in [-0.4, -0.2) is 42.9 Å². The normalized spacial score (nSPS) is 19.9. The van der Waals surface area contributed by atoms with Gasteiger partial charge in [-0.3, -0.25) is 4.90 Å². The van der Waals surface area contributed by atoms with E-state index in [2.05, 4.69) is 11.0 Å². The van der Waals surface area contributed by atoms with Gasteiger partial charge in [-0.1, -0.05) is 6.07 Å². The molecule has 1 aromatic rings. The van der Waals surface area contributed by atoms with Crippen LogP contribution in [0, 0.1) is 17.2 Å². The number of hydrogen-bond acceptors (Lipinski definition) is 4. The fraction of sp³-hybridized carbons (Fsp3) is 0.533. The Labute approximate surface area is 114 Å². The number of rotatable bonds is 5. The van der Waals surface area contributed by atoms with E-state index in [1.54, 1.807) is 12.1 Å². The van der Waals surface area contributed by atoms with Gasteiger partial charge in [-0.15, -0.1) is 0 Å².